The third-order valence-corrected chi connectivity index (χ3v) is 5.89. The van der Waals surface area contributed by atoms with E-state index in [-0.39, 0.29) is 29.0 Å². The lowest BCUT2D eigenvalue weighted by Crippen LogP contribution is -2.36. The van der Waals surface area contributed by atoms with Gasteiger partial charge in [-0.15, -0.1) is 0 Å². The van der Waals surface area contributed by atoms with Crippen LogP contribution in [0.25, 0.3) is 11.0 Å². The van der Waals surface area contributed by atoms with Crippen molar-refractivity contribution in [2.45, 2.75) is 32.7 Å². The average Bonchev–Trinajstić information content (AvgIpc) is 3.37. The fraction of sp³-hybridized carbons (Fsp3) is 0.304. The molecule has 1 amide bonds. The molecule has 1 unspecified atom stereocenters. The van der Waals surface area contributed by atoms with Gasteiger partial charge in [0.15, 0.2) is 11.6 Å². The predicted octanol–water partition coefficient (Wildman–Crippen LogP) is 2.31. The summed E-state index contributed by atoms with van der Waals surface area (Å²) in [5.74, 6) is 0.384. The van der Waals surface area contributed by atoms with E-state index in [2.05, 4.69) is 16.8 Å². The number of nitrogen functional groups attached to an aromatic ring is 2. The number of aliphatic imine (C=N–C) groups is 1. The van der Waals surface area contributed by atoms with Crippen molar-refractivity contribution in [1.29, 1.82) is 0 Å². The lowest BCUT2D eigenvalue weighted by Gasteiger charge is -2.22. The zero-order valence-corrected chi connectivity index (χ0v) is 18.1. The number of nitrogens with two attached hydrogens (primary N) is 2. The molecule has 1 atom stereocenters. The predicted molar refractivity (Wildman–Crippen MR) is 125 cm³/mol. The van der Waals surface area contributed by atoms with Crippen LogP contribution in [-0.2, 0) is 4.79 Å². The fourth-order valence-corrected chi connectivity index (χ4v) is 4.18. The van der Waals surface area contributed by atoms with Crippen molar-refractivity contribution < 1.29 is 9.21 Å². The molecule has 4 rings (SSSR count). The number of H-pyrrole nitrogens is 1. The number of nitrogens with one attached hydrogen (secondary N) is 1. The van der Waals surface area contributed by atoms with E-state index in [1.807, 2.05) is 32.0 Å². The molecule has 1 saturated heterocycles. The first-order chi connectivity index (χ1) is 15.3. The second-order valence-corrected chi connectivity index (χ2v) is 8.00. The highest BCUT2D eigenvalue weighted by atomic mass is 16.3. The number of hydrogen-bond acceptors (Lipinski definition) is 7. The van der Waals surface area contributed by atoms with E-state index in [9.17, 15) is 9.59 Å². The molecule has 2 aromatic heterocycles. The van der Waals surface area contributed by atoms with Crippen LogP contribution in [0, 0.1) is 13.8 Å². The smallest absolute Gasteiger partial charge is 0.288 e. The van der Waals surface area contributed by atoms with Gasteiger partial charge in [0.2, 0.25) is 5.91 Å². The lowest BCUT2D eigenvalue weighted by atomic mass is 10.0. The molecule has 1 aliphatic rings. The molecule has 0 radical (unpaired) electrons. The molecular formula is C23H26N6O3. The van der Waals surface area contributed by atoms with Gasteiger partial charge in [-0.2, -0.15) is 5.10 Å². The summed E-state index contributed by atoms with van der Waals surface area (Å²) in [6.07, 6.45) is 3.01. The third-order valence-electron chi connectivity index (χ3n) is 5.89. The number of aryl methyl sites for hydroxylation is 2. The Hall–Kier alpha value is -3.88. The van der Waals surface area contributed by atoms with Crippen molar-refractivity contribution in [3.05, 3.63) is 63.7 Å². The molecule has 1 aromatic carbocycles. The number of aromatic nitrogens is 2. The molecule has 0 saturated carbocycles. The zero-order valence-electron chi connectivity index (χ0n) is 18.1. The molecule has 3 aromatic rings. The largest absolute Gasteiger partial charge is 0.454 e. The number of nitrogens with zero attached hydrogens (tertiary/aromatic N) is 3. The summed E-state index contributed by atoms with van der Waals surface area (Å²) in [4.78, 5) is 31.0. The zero-order chi connectivity index (χ0) is 23.0. The summed E-state index contributed by atoms with van der Waals surface area (Å²) < 4.78 is 6.15. The van der Waals surface area contributed by atoms with Gasteiger partial charge in [0.25, 0.3) is 5.56 Å². The van der Waals surface area contributed by atoms with Crippen LogP contribution in [0.15, 0.2) is 45.1 Å². The first-order valence-corrected chi connectivity index (χ1v) is 10.4. The first-order valence-electron chi connectivity index (χ1n) is 10.4. The van der Waals surface area contributed by atoms with Crippen LogP contribution >= 0.6 is 0 Å². The van der Waals surface area contributed by atoms with E-state index in [0.29, 0.717) is 30.1 Å². The standard InChI is InChI=1S/C23H26N6O3/c1-4-17(30)29-9-5-6-14(29)11-26-20(18-19(24)23(31)28-27-22(18)25)21-13(3)15-10-12(2)7-8-16(15)32-21/h4,7-8,10,14H,1,5-6,9,11H2,2-3H3,(H,28,31)(H4,24,25,27). The molecule has 0 bridgehead atoms. The number of furan rings is 1. The number of aromatic amines is 1. The molecule has 166 valence electrons. The Labute approximate surface area is 184 Å². The maximum absolute atomic E-state index is 12.2. The Morgan fingerprint density at radius 2 is 2.19 bits per heavy atom. The summed E-state index contributed by atoms with van der Waals surface area (Å²) >= 11 is 0. The van der Waals surface area contributed by atoms with Crippen molar-refractivity contribution >= 4 is 34.1 Å². The van der Waals surface area contributed by atoms with Crippen LogP contribution in [0.2, 0.25) is 0 Å². The topological polar surface area (TPSA) is 144 Å². The average molecular weight is 435 g/mol. The Bertz CT molecular complexity index is 1300. The van der Waals surface area contributed by atoms with E-state index in [0.717, 1.165) is 29.4 Å². The highest BCUT2D eigenvalue weighted by molar-refractivity contribution is 6.18. The van der Waals surface area contributed by atoms with Gasteiger partial charge >= 0.3 is 0 Å². The highest BCUT2D eigenvalue weighted by Gasteiger charge is 2.29. The van der Waals surface area contributed by atoms with Gasteiger partial charge in [0.1, 0.15) is 17.0 Å². The molecule has 9 nitrogen and oxygen atoms in total. The molecule has 1 aliphatic heterocycles. The van der Waals surface area contributed by atoms with Gasteiger partial charge in [-0.05, 0) is 44.9 Å². The van der Waals surface area contributed by atoms with E-state index in [1.165, 1.54) is 6.08 Å². The number of hydrogen-bond donors (Lipinski definition) is 3. The first kappa shape index (κ1) is 21.4. The number of amides is 1. The summed E-state index contributed by atoms with van der Waals surface area (Å²) in [6.45, 7) is 8.46. The molecule has 3 heterocycles. The molecule has 9 heteroatoms. The SMILES string of the molecule is C=CC(=O)N1CCCC1CN=C(c1oc2ccc(C)cc2c1C)c1c(N)n[nH]c(=O)c1N. The van der Waals surface area contributed by atoms with Crippen molar-refractivity contribution in [2.24, 2.45) is 4.99 Å². The Morgan fingerprint density at radius 1 is 1.41 bits per heavy atom. The monoisotopic (exact) mass is 434 g/mol. The molecule has 5 N–H and O–H groups in total. The van der Waals surface area contributed by atoms with E-state index in [4.69, 9.17) is 20.9 Å². The molecule has 0 spiro atoms. The van der Waals surface area contributed by atoms with Crippen LogP contribution in [0.1, 0.15) is 35.3 Å². The van der Waals surface area contributed by atoms with Crippen molar-refractivity contribution in [3.8, 4) is 0 Å². The minimum Gasteiger partial charge on any atom is -0.454 e. The fourth-order valence-electron chi connectivity index (χ4n) is 4.18. The van der Waals surface area contributed by atoms with Gasteiger partial charge in [0, 0.05) is 17.5 Å². The van der Waals surface area contributed by atoms with E-state index in [1.54, 1.807) is 4.90 Å². The molecule has 1 fully saturated rings. The maximum Gasteiger partial charge on any atom is 0.288 e. The number of benzene rings is 1. The minimum atomic E-state index is -0.559. The Morgan fingerprint density at radius 3 is 2.94 bits per heavy atom. The number of rotatable bonds is 5. The lowest BCUT2D eigenvalue weighted by molar-refractivity contribution is -0.126. The quantitative estimate of drug-likeness (QED) is 0.415. The number of carbonyl (C=O) groups is 1. The maximum atomic E-state index is 12.2. The van der Waals surface area contributed by atoms with Crippen LogP contribution < -0.4 is 17.0 Å². The molecular weight excluding hydrogens is 408 g/mol. The van der Waals surface area contributed by atoms with Gasteiger partial charge in [-0.3, -0.25) is 14.6 Å². The van der Waals surface area contributed by atoms with Crippen molar-refractivity contribution in [2.75, 3.05) is 24.6 Å². The van der Waals surface area contributed by atoms with Crippen molar-refractivity contribution in [1.82, 2.24) is 15.1 Å². The molecule has 0 aliphatic carbocycles. The minimum absolute atomic E-state index is 0.0438. The van der Waals surface area contributed by atoms with E-state index < -0.39 is 5.56 Å². The van der Waals surface area contributed by atoms with Gasteiger partial charge < -0.3 is 20.8 Å². The Kier molecular flexibility index (Phi) is 5.56. The number of anilines is 2. The van der Waals surface area contributed by atoms with Crippen LogP contribution in [0.3, 0.4) is 0 Å². The highest BCUT2D eigenvalue weighted by Crippen LogP contribution is 2.30. The Balaban J connectivity index is 1.87. The molecule has 32 heavy (non-hydrogen) atoms. The van der Waals surface area contributed by atoms with Crippen LogP contribution in [-0.4, -0.2) is 45.8 Å². The van der Waals surface area contributed by atoms with Crippen molar-refractivity contribution in [3.63, 3.8) is 0 Å². The summed E-state index contributed by atoms with van der Waals surface area (Å²) in [7, 11) is 0. The second kappa shape index (κ2) is 8.33. The van der Waals surface area contributed by atoms with Gasteiger partial charge in [-0.25, -0.2) is 5.10 Å². The third kappa shape index (κ3) is 3.66. The normalized spacial score (nSPS) is 16.6. The number of likely N-dealkylation sites (tertiary alicyclic amines) is 1. The number of carbonyl (C=O) groups excluding carboxylic acids is 1. The van der Waals surface area contributed by atoms with Gasteiger partial charge in [-0.1, -0.05) is 18.2 Å². The van der Waals surface area contributed by atoms with Crippen LogP contribution in [0.5, 0.6) is 0 Å². The van der Waals surface area contributed by atoms with Crippen LogP contribution in [0.4, 0.5) is 11.5 Å². The summed E-state index contributed by atoms with van der Waals surface area (Å²) in [5.41, 5.74) is 14.8. The number of fused-ring (bicyclic) bond motifs is 1. The second-order valence-electron chi connectivity index (χ2n) is 8.00. The van der Waals surface area contributed by atoms with Gasteiger partial charge in [0.05, 0.1) is 18.2 Å². The van der Waals surface area contributed by atoms with E-state index >= 15 is 0 Å². The summed E-state index contributed by atoms with van der Waals surface area (Å²) in [6, 6.07) is 5.78. The summed E-state index contributed by atoms with van der Waals surface area (Å²) in [5, 5.41) is 7.10.